The summed E-state index contributed by atoms with van der Waals surface area (Å²) in [6.07, 6.45) is 0. The van der Waals surface area contributed by atoms with Crippen LogP contribution in [0.2, 0.25) is 5.02 Å². The lowest BCUT2D eigenvalue weighted by molar-refractivity contribution is -0.118. The number of hydrogen-bond donors (Lipinski definition) is 1. The second kappa shape index (κ2) is 8.21. The molecule has 5 nitrogen and oxygen atoms in total. The number of anilines is 1. The minimum Gasteiger partial charge on any atom is -0.497 e. The number of aromatic nitrogens is 1. The van der Waals surface area contributed by atoms with Crippen LogP contribution in [-0.2, 0) is 4.79 Å². The molecule has 0 fully saturated rings. The van der Waals surface area contributed by atoms with Crippen LogP contribution in [0, 0.1) is 6.92 Å². The molecule has 1 N–H and O–H groups in total. The summed E-state index contributed by atoms with van der Waals surface area (Å²) in [5.41, 5.74) is 1.79. The minimum atomic E-state index is -0.266. The Morgan fingerprint density at radius 2 is 1.77 bits per heavy atom. The summed E-state index contributed by atoms with van der Waals surface area (Å²) in [4.78, 5) is 17.6. The third-order valence-electron chi connectivity index (χ3n) is 3.59. The second-order valence-electron chi connectivity index (χ2n) is 5.44. The third kappa shape index (κ3) is 4.53. The second-order valence-corrected chi connectivity index (χ2v) is 7.08. The van der Waals surface area contributed by atoms with Gasteiger partial charge in [-0.05, 0) is 43.3 Å². The van der Waals surface area contributed by atoms with Gasteiger partial charge >= 0.3 is 0 Å². The van der Waals surface area contributed by atoms with Crippen molar-refractivity contribution in [3.05, 3.63) is 58.4 Å². The first kappa shape index (κ1) is 18.2. The van der Waals surface area contributed by atoms with Gasteiger partial charge in [0.15, 0.2) is 11.7 Å². The zero-order valence-corrected chi connectivity index (χ0v) is 15.9. The first-order chi connectivity index (χ1) is 12.5. The van der Waals surface area contributed by atoms with Crippen LogP contribution in [0.4, 0.5) is 5.13 Å². The normalized spacial score (nSPS) is 10.4. The minimum absolute atomic E-state index is 0.0960. The summed E-state index contributed by atoms with van der Waals surface area (Å²) >= 11 is 7.34. The van der Waals surface area contributed by atoms with E-state index >= 15 is 0 Å². The molecule has 0 atom stereocenters. The van der Waals surface area contributed by atoms with E-state index < -0.39 is 0 Å². The molecule has 0 saturated carbocycles. The molecular formula is C19H17ClN2O3S. The molecule has 0 unspecified atom stereocenters. The molecule has 134 valence electrons. The third-order valence-corrected chi connectivity index (χ3v) is 4.73. The summed E-state index contributed by atoms with van der Waals surface area (Å²) in [5, 5.41) is 3.98. The van der Waals surface area contributed by atoms with Crippen molar-refractivity contribution in [1.29, 1.82) is 0 Å². The van der Waals surface area contributed by atoms with E-state index in [-0.39, 0.29) is 12.5 Å². The van der Waals surface area contributed by atoms with E-state index in [0.29, 0.717) is 15.9 Å². The molecule has 26 heavy (non-hydrogen) atoms. The molecule has 0 aliphatic heterocycles. The molecule has 0 spiro atoms. The van der Waals surface area contributed by atoms with Crippen molar-refractivity contribution in [2.75, 3.05) is 19.0 Å². The van der Waals surface area contributed by atoms with Gasteiger partial charge in [-0.25, -0.2) is 4.98 Å². The van der Waals surface area contributed by atoms with Crippen LogP contribution in [0.5, 0.6) is 11.5 Å². The number of aryl methyl sites for hydroxylation is 1. The van der Waals surface area contributed by atoms with Gasteiger partial charge in [-0.2, -0.15) is 0 Å². The zero-order valence-electron chi connectivity index (χ0n) is 14.3. The quantitative estimate of drug-likeness (QED) is 0.659. The SMILES string of the molecule is COc1ccc(OCC(=O)Nc2nc(-c3ccc(Cl)cc3)c(C)s2)cc1. The molecule has 0 radical (unpaired) electrons. The lowest BCUT2D eigenvalue weighted by atomic mass is 10.1. The maximum absolute atomic E-state index is 12.1. The molecule has 0 saturated heterocycles. The molecule has 3 rings (SSSR count). The number of carbonyl (C=O) groups is 1. The van der Waals surface area contributed by atoms with Crippen molar-refractivity contribution < 1.29 is 14.3 Å². The number of nitrogens with zero attached hydrogens (tertiary/aromatic N) is 1. The number of halogens is 1. The average Bonchev–Trinajstić information content (AvgIpc) is 3.01. The van der Waals surface area contributed by atoms with Gasteiger partial charge < -0.3 is 9.47 Å². The highest BCUT2D eigenvalue weighted by Crippen LogP contribution is 2.31. The molecule has 0 aliphatic carbocycles. The monoisotopic (exact) mass is 388 g/mol. The number of hydrogen-bond acceptors (Lipinski definition) is 5. The molecule has 0 bridgehead atoms. The van der Waals surface area contributed by atoms with Crippen LogP contribution in [-0.4, -0.2) is 24.6 Å². The van der Waals surface area contributed by atoms with E-state index in [9.17, 15) is 4.79 Å². The van der Waals surface area contributed by atoms with E-state index in [1.165, 1.54) is 11.3 Å². The van der Waals surface area contributed by atoms with Gasteiger partial charge in [0.1, 0.15) is 11.5 Å². The van der Waals surface area contributed by atoms with E-state index in [1.54, 1.807) is 31.4 Å². The Morgan fingerprint density at radius 1 is 1.12 bits per heavy atom. The molecule has 1 heterocycles. The van der Waals surface area contributed by atoms with Crippen LogP contribution in [0.25, 0.3) is 11.3 Å². The van der Waals surface area contributed by atoms with Crippen molar-refractivity contribution in [1.82, 2.24) is 4.98 Å². The first-order valence-electron chi connectivity index (χ1n) is 7.85. The lowest BCUT2D eigenvalue weighted by Gasteiger charge is -2.06. The zero-order chi connectivity index (χ0) is 18.5. The average molecular weight is 389 g/mol. The van der Waals surface area contributed by atoms with Crippen LogP contribution >= 0.6 is 22.9 Å². The number of carbonyl (C=O) groups excluding carboxylic acids is 1. The van der Waals surface area contributed by atoms with Crippen molar-refractivity contribution in [3.8, 4) is 22.8 Å². The number of nitrogens with one attached hydrogen (secondary N) is 1. The van der Waals surface area contributed by atoms with Gasteiger partial charge in [-0.3, -0.25) is 10.1 Å². The van der Waals surface area contributed by atoms with E-state index in [2.05, 4.69) is 10.3 Å². The predicted molar refractivity (Wildman–Crippen MR) is 104 cm³/mol. The maximum Gasteiger partial charge on any atom is 0.264 e. The van der Waals surface area contributed by atoms with Crippen LogP contribution in [0.15, 0.2) is 48.5 Å². The standard InChI is InChI=1S/C19H17ClN2O3S/c1-12-18(13-3-5-14(20)6-4-13)22-19(26-12)21-17(23)11-25-16-9-7-15(24-2)8-10-16/h3-10H,11H2,1-2H3,(H,21,22,23). The Bertz CT molecular complexity index is 892. The van der Waals surface area contributed by atoms with E-state index in [4.69, 9.17) is 21.1 Å². The van der Waals surface area contributed by atoms with Crippen LogP contribution < -0.4 is 14.8 Å². The Hall–Kier alpha value is -2.57. The fourth-order valence-electron chi connectivity index (χ4n) is 2.30. The maximum atomic E-state index is 12.1. The van der Waals surface area contributed by atoms with Gasteiger partial charge in [0.25, 0.3) is 5.91 Å². The van der Waals surface area contributed by atoms with Crippen molar-refractivity contribution in [2.24, 2.45) is 0 Å². The number of benzene rings is 2. The van der Waals surface area contributed by atoms with Gasteiger partial charge in [0, 0.05) is 15.5 Å². The van der Waals surface area contributed by atoms with Crippen LogP contribution in [0.3, 0.4) is 0 Å². The Morgan fingerprint density at radius 3 is 2.42 bits per heavy atom. The molecule has 0 aliphatic rings. The Balaban J connectivity index is 1.60. The fourth-order valence-corrected chi connectivity index (χ4v) is 3.28. The number of rotatable bonds is 6. The first-order valence-corrected chi connectivity index (χ1v) is 9.04. The predicted octanol–water partition coefficient (Wildman–Crippen LogP) is 4.80. The summed E-state index contributed by atoms with van der Waals surface area (Å²) < 4.78 is 10.6. The van der Waals surface area contributed by atoms with Crippen molar-refractivity contribution in [3.63, 3.8) is 0 Å². The van der Waals surface area contributed by atoms with E-state index in [1.807, 2.05) is 31.2 Å². The van der Waals surface area contributed by atoms with E-state index in [0.717, 1.165) is 21.9 Å². The summed E-state index contributed by atoms with van der Waals surface area (Å²) in [7, 11) is 1.59. The van der Waals surface area contributed by atoms with Gasteiger partial charge in [-0.15, -0.1) is 11.3 Å². The van der Waals surface area contributed by atoms with Crippen LogP contribution in [0.1, 0.15) is 4.88 Å². The number of thiazole rings is 1. The Labute approximate surface area is 160 Å². The highest BCUT2D eigenvalue weighted by atomic mass is 35.5. The van der Waals surface area contributed by atoms with Gasteiger partial charge in [0.2, 0.25) is 0 Å². The topological polar surface area (TPSA) is 60.5 Å². The van der Waals surface area contributed by atoms with Gasteiger partial charge in [0.05, 0.1) is 12.8 Å². The van der Waals surface area contributed by atoms with Gasteiger partial charge in [-0.1, -0.05) is 23.7 Å². The molecular weight excluding hydrogens is 372 g/mol. The molecule has 3 aromatic rings. The largest absolute Gasteiger partial charge is 0.497 e. The number of ether oxygens (including phenoxy) is 2. The fraction of sp³-hybridized carbons (Fsp3) is 0.158. The molecule has 7 heteroatoms. The number of amides is 1. The van der Waals surface area contributed by atoms with Crippen molar-refractivity contribution in [2.45, 2.75) is 6.92 Å². The molecule has 1 amide bonds. The summed E-state index contributed by atoms with van der Waals surface area (Å²) in [6.45, 7) is 1.87. The highest BCUT2D eigenvalue weighted by molar-refractivity contribution is 7.16. The number of methoxy groups -OCH3 is 1. The molecule has 2 aromatic carbocycles. The summed E-state index contributed by atoms with van der Waals surface area (Å²) in [6, 6.07) is 14.5. The smallest absolute Gasteiger partial charge is 0.264 e. The highest BCUT2D eigenvalue weighted by Gasteiger charge is 2.12. The lowest BCUT2D eigenvalue weighted by Crippen LogP contribution is -2.20. The molecule has 1 aromatic heterocycles. The van der Waals surface area contributed by atoms with Crippen molar-refractivity contribution >= 4 is 34.0 Å². The summed E-state index contributed by atoms with van der Waals surface area (Å²) in [5.74, 6) is 1.06. The Kier molecular flexibility index (Phi) is 5.75.